The van der Waals surface area contributed by atoms with E-state index in [1.807, 2.05) is 11.0 Å². The number of nitrogens with one attached hydrogen (secondary N) is 3. The van der Waals surface area contributed by atoms with E-state index in [0.717, 1.165) is 56.6 Å². The third-order valence-corrected chi connectivity index (χ3v) is 5.76. The van der Waals surface area contributed by atoms with Crippen LogP contribution in [0.1, 0.15) is 40.2 Å². The average molecular weight is 418 g/mol. The van der Waals surface area contributed by atoms with E-state index in [1.165, 1.54) is 5.56 Å². The number of amides is 2. The standard InChI is InChI=1S/C21H27N5O2.ClH/c27-19(14-23-21(28)20-17-13-22-9-6-18(17)24-25-20)26-10-7-16(8-11-26)12-15-4-2-1-3-5-15;/h1-5,16,22H,6-14H2,(H,23,28)(H,24,25);1H. The minimum absolute atomic E-state index is 0. The number of hydrogen-bond donors (Lipinski definition) is 3. The summed E-state index contributed by atoms with van der Waals surface area (Å²) in [5, 5.41) is 13.1. The highest BCUT2D eigenvalue weighted by molar-refractivity contribution is 5.96. The molecule has 2 aliphatic heterocycles. The molecule has 0 spiro atoms. The van der Waals surface area contributed by atoms with Gasteiger partial charge >= 0.3 is 0 Å². The van der Waals surface area contributed by atoms with Gasteiger partial charge in [-0.3, -0.25) is 14.7 Å². The quantitative estimate of drug-likeness (QED) is 0.690. The van der Waals surface area contributed by atoms with Crippen molar-refractivity contribution in [2.24, 2.45) is 5.92 Å². The van der Waals surface area contributed by atoms with E-state index in [4.69, 9.17) is 0 Å². The number of halogens is 1. The van der Waals surface area contributed by atoms with Crippen LogP contribution in [0.3, 0.4) is 0 Å². The zero-order valence-electron chi connectivity index (χ0n) is 16.4. The number of H-pyrrole nitrogens is 1. The van der Waals surface area contributed by atoms with E-state index in [-0.39, 0.29) is 30.8 Å². The summed E-state index contributed by atoms with van der Waals surface area (Å²) in [6, 6.07) is 10.5. The minimum atomic E-state index is -0.284. The Morgan fingerprint density at radius 2 is 1.93 bits per heavy atom. The Hall–Kier alpha value is -2.38. The van der Waals surface area contributed by atoms with Gasteiger partial charge in [-0.05, 0) is 30.7 Å². The topological polar surface area (TPSA) is 90.1 Å². The molecule has 1 aromatic carbocycles. The first-order chi connectivity index (χ1) is 13.7. The number of rotatable bonds is 5. The van der Waals surface area contributed by atoms with E-state index in [0.29, 0.717) is 18.2 Å². The molecule has 8 heteroatoms. The van der Waals surface area contributed by atoms with Crippen molar-refractivity contribution in [1.29, 1.82) is 0 Å². The Balaban J connectivity index is 0.00000240. The van der Waals surface area contributed by atoms with Crippen LogP contribution in [-0.2, 0) is 24.2 Å². The highest BCUT2D eigenvalue weighted by Gasteiger charge is 2.25. The van der Waals surface area contributed by atoms with E-state index < -0.39 is 0 Å². The number of fused-ring (bicyclic) bond motifs is 1. The lowest BCUT2D eigenvalue weighted by molar-refractivity contribution is -0.131. The summed E-state index contributed by atoms with van der Waals surface area (Å²) in [5.74, 6) is 0.312. The fourth-order valence-electron chi connectivity index (χ4n) is 4.10. The molecular formula is C21H28ClN5O2. The molecule has 0 aliphatic carbocycles. The van der Waals surface area contributed by atoms with Crippen molar-refractivity contribution in [2.75, 3.05) is 26.2 Å². The lowest BCUT2D eigenvalue weighted by Gasteiger charge is -2.32. The molecule has 0 radical (unpaired) electrons. The van der Waals surface area contributed by atoms with Crippen LogP contribution in [0.4, 0.5) is 0 Å². The predicted molar refractivity (Wildman–Crippen MR) is 113 cm³/mol. The molecular weight excluding hydrogens is 390 g/mol. The van der Waals surface area contributed by atoms with Crippen LogP contribution in [0.25, 0.3) is 0 Å². The first-order valence-corrected chi connectivity index (χ1v) is 10.1. The van der Waals surface area contributed by atoms with E-state index in [9.17, 15) is 9.59 Å². The van der Waals surface area contributed by atoms with Crippen molar-refractivity contribution in [3.63, 3.8) is 0 Å². The first kappa shape index (κ1) is 21.3. The molecule has 1 aromatic heterocycles. The third kappa shape index (κ3) is 5.16. The highest BCUT2D eigenvalue weighted by Crippen LogP contribution is 2.21. The van der Waals surface area contributed by atoms with Crippen molar-refractivity contribution in [2.45, 2.75) is 32.2 Å². The predicted octanol–water partition coefficient (Wildman–Crippen LogP) is 1.69. The van der Waals surface area contributed by atoms with Crippen molar-refractivity contribution in [3.05, 3.63) is 52.8 Å². The number of nitrogens with zero attached hydrogens (tertiary/aromatic N) is 2. The summed E-state index contributed by atoms with van der Waals surface area (Å²) in [4.78, 5) is 26.8. The maximum atomic E-state index is 12.5. The summed E-state index contributed by atoms with van der Waals surface area (Å²) in [6.45, 7) is 3.06. The lowest BCUT2D eigenvalue weighted by atomic mass is 9.90. The second-order valence-corrected chi connectivity index (χ2v) is 7.65. The second kappa shape index (κ2) is 9.89. The number of carbonyl (C=O) groups is 2. The Bertz CT molecular complexity index is 831. The molecule has 1 saturated heterocycles. The summed E-state index contributed by atoms with van der Waals surface area (Å²) < 4.78 is 0. The van der Waals surface area contributed by atoms with Gasteiger partial charge in [0.2, 0.25) is 5.91 Å². The number of aromatic nitrogens is 2. The van der Waals surface area contributed by atoms with Crippen LogP contribution < -0.4 is 10.6 Å². The van der Waals surface area contributed by atoms with Crippen molar-refractivity contribution in [1.82, 2.24) is 25.7 Å². The molecule has 3 N–H and O–H groups in total. The molecule has 0 unspecified atom stereocenters. The SMILES string of the molecule is Cl.O=C(NCC(=O)N1CCC(Cc2ccccc2)CC1)c1n[nH]c2c1CNCC2. The molecule has 7 nitrogen and oxygen atoms in total. The molecule has 2 aliphatic rings. The maximum Gasteiger partial charge on any atom is 0.272 e. The number of aromatic amines is 1. The Labute approximate surface area is 177 Å². The monoisotopic (exact) mass is 417 g/mol. The van der Waals surface area contributed by atoms with Gasteiger partial charge < -0.3 is 15.5 Å². The molecule has 2 amide bonds. The van der Waals surface area contributed by atoms with E-state index >= 15 is 0 Å². The number of hydrogen-bond acceptors (Lipinski definition) is 4. The third-order valence-electron chi connectivity index (χ3n) is 5.76. The van der Waals surface area contributed by atoms with Crippen LogP contribution in [-0.4, -0.2) is 53.1 Å². The number of benzene rings is 1. The lowest BCUT2D eigenvalue weighted by Crippen LogP contribution is -2.44. The summed E-state index contributed by atoms with van der Waals surface area (Å²) >= 11 is 0. The van der Waals surface area contributed by atoms with Gasteiger partial charge in [0.1, 0.15) is 0 Å². The number of carbonyl (C=O) groups excluding carboxylic acids is 2. The molecule has 0 atom stereocenters. The largest absolute Gasteiger partial charge is 0.342 e. The summed E-state index contributed by atoms with van der Waals surface area (Å²) in [5.41, 5.74) is 3.68. The Morgan fingerprint density at radius 3 is 2.69 bits per heavy atom. The summed E-state index contributed by atoms with van der Waals surface area (Å²) in [6.07, 6.45) is 3.92. The molecule has 3 heterocycles. The molecule has 0 saturated carbocycles. The Morgan fingerprint density at radius 1 is 1.17 bits per heavy atom. The smallest absolute Gasteiger partial charge is 0.272 e. The van der Waals surface area contributed by atoms with E-state index in [1.54, 1.807) is 0 Å². The zero-order chi connectivity index (χ0) is 19.3. The van der Waals surface area contributed by atoms with Crippen LogP contribution in [0.5, 0.6) is 0 Å². The molecule has 0 bridgehead atoms. The Kier molecular flexibility index (Phi) is 7.28. The van der Waals surface area contributed by atoms with Crippen LogP contribution in [0.15, 0.2) is 30.3 Å². The highest BCUT2D eigenvalue weighted by atomic mass is 35.5. The van der Waals surface area contributed by atoms with Gasteiger partial charge in [-0.15, -0.1) is 12.4 Å². The molecule has 2 aromatic rings. The normalized spacial score (nSPS) is 16.6. The van der Waals surface area contributed by atoms with Gasteiger partial charge in [0.05, 0.1) is 6.54 Å². The first-order valence-electron chi connectivity index (χ1n) is 10.1. The average Bonchev–Trinajstić information content (AvgIpc) is 3.17. The van der Waals surface area contributed by atoms with Gasteiger partial charge in [-0.1, -0.05) is 30.3 Å². The van der Waals surface area contributed by atoms with Crippen molar-refractivity contribution < 1.29 is 9.59 Å². The molecule has 1 fully saturated rings. The minimum Gasteiger partial charge on any atom is -0.342 e. The molecule has 4 rings (SSSR count). The maximum absolute atomic E-state index is 12.5. The van der Waals surface area contributed by atoms with Crippen LogP contribution in [0, 0.1) is 5.92 Å². The van der Waals surface area contributed by atoms with Gasteiger partial charge in [0.15, 0.2) is 5.69 Å². The van der Waals surface area contributed by atoms with Crippen molar-refractivity contribution >= 4 is 24.2 Å². The van der Waals surface area contributed by atoms with Gasteiger partial charge in [-0.25, -0.2) is 0 Å². The van der Waals surface area contributed by atoms with Crippen molar-refractivity contribution in [3.8, 4) is 0 Å². The van der Waals surface area contributed by atoms with E-state index in [2.05, 4.69) is 45.1 Å². The number of piperidine rings is 1. The van der Waals surface area contributed by atoms with Crippen LogP contribution in [0.2, 0.25) is 0 Å². The van der Waals surface area contributed by atoms with Gasteiger partial charge in [0.25, 0.3) is 5.91 Å². The van der Waals surface area contributed by atoms with Gasteiger partial charge in [0, 0.05) is 43.9 Å². The summed E-state index contributed by atoms with van der Waals surface area (Å²) in [7, 11) is 0. The van der Waals surface area contributed by atoms with Gasteiger partial charge in [-0.2, -0.15) is 5.10 Å². The molecule has 29 heavy (non-hydrogen) atoms. The number of likely N-dealkylation sites (tertiary alicyclic amines) is 1. The van der Waals surface area contributed by atoms with Crippen LogP contribution >= 0.6 is 12.4 Å². The molecule has 156 valence electrons. The zero-order valence-corrected chi connectivity index (χ0v) is 17.3. The second-order valence-electron chi connectivity index (χ2n) is 7.65. The fraction of sp³-hybridized carbons (Fsp3) is 0.476. The fourth-order valence-corrected chi connectivity index (χ4v) is 4.10.